The normalized spacial score (nSPS) is 11.7. The number of rotatable bonds is 8. The summed E-state index contributed by atoms with van der Waals surface area (Å²) in [6, 6.07) is 12.4. The van der Waals surface area contributed by atoms with Gasteiger partial charge in [0.1, 0.15) is 0 Å². The van der Waals surface area contributed by atoms with Crippen LogP contribution in [0.25, 0.3) is 0 Å². The third kappa shape index (κ3) is 5.21. The lowest BCUT2D eigenvalue weighted by Crippen LogP contribution is -2.32. The lowest BCUT2D eigenvalue weighted by molar-refractivity contribution is -0.130. The van der Waals surface area contributed by atoms with E-state index in [9.17, 15) is 9.59 Å². The molecule has 1 amide bonds. The summed E-state index contributed by atoms with van der Waals surface area (Å²) in [5.74, 6) is -0.763. The summed E-state index contributed by atoms with van der Waals surface area (Å²) in [5.41, 5.74) is 0.438. The minimum absolute atomic E-state index is 0.271. The van der Waals surface area contributed by atoms with E-state index in [0.29, 0.717) is 12.1 Å². The standard InChI is InChI=1S/C18H21NO3S/c1-2-3-7-12-19-17(20)16(15-11-8-13-23-15)22-18(21)14-9-5-4-6-10-14/h4-6,8-11,13,16H,2-3,7,12H2,1H3,(H,19,20). The van der Waals surface area contributed by atoms with Gasteiger partial charge < -0.3 is 10.1 Å². The third-order valence-corrected chi connectivity index (χ3v) is 4.27. The lowest BCUT2D eigenvalue weighted by Gasteiger charge is -2.16. The van der Waals surface area contributed by atoms with Crippen molar-refractivity contribution >= 4 is 23.2 Å². The number of ether oxygens (including phenoxy) is 1. The van der Waals surface area contributed by atoms with Crippen LogP contribution < -0.4 is 5.32 Å². The van der Waals surface area contributed by atoms with Crippen LogP contribution in [0.3, 0.4) is 0 Å². The molecule has 0 aliphatic heterocycles. The first-order valence-electron chi connectivity index (χ1n) is 7.79. The maximum atomic E-state index is 12.4. The van der Waals surface area contributed by atoms with Crippen molar-refractivity contribution in [1.82, 2.24) is 5.32 Å². The Morgan fingerprint density at radius 1 is 1.13 bits per heavy atom. The highest BCUT2D eigenvalue weighted by Gasteiger charge is 2.26. The van der Waals surface area contributed by atoms with Gasteiger partial charge in [-0.15, -0.1) is 11.3 Å². The Morgan fingerprint density at radius 2 is 1.91 bits per heavy atom. The average Bonchev–Trinajstić information content (AvgIpc) is 3.11. The molecule has 1 aromatic carbocycles. The number of esters is 1. The molecule has 0 aliphatic rings. The van der Waals surface area contributed by atoms with Crippen LogP contribution in [-0.2, 0) is 9.53 Å². The second-order valence-electron chi connectivity index (χ2n) is 5.16. The van der Waals surface area contributed by atoms with Crippen molar-refractivity contribution in [1.29, 1.82) is 0 Å². The Hall–Kier alpha value is -2.14. The van der Waals surface area contributed by atoms with Crippen LogP contribution in [0.5, 0.6) is 0 Å². The van der Waals surface area contributed by atoms with Gasteiger partial charge in [0.25, 0.3) is 5.91 Å². The summed E-state index contributed by atoms with van der Waals surface area (Å²) < 4.78 is 5.46. The van der Waals surface area contributed by atoms with E-state index in [1.165, 1.54) is 11.3 Å². The summed E-state index contributed by atoms with van der Waals surface area (Å²) in [7, 11) is 0. The van der Waals surface area contributed by atoms with Crippen molar-refractivity contribution in [2.45, 2.75) is 32.3 Å². The van der Waals surface area contributed by atoms with E-state index < -0.39 is 12.1 Å². The summed E-state index contributed by atoms with van der Waals surface area (Å²) in [6.07, 6.45) is 2.18. The van der Waals surface area contributed by atoms with Crippen LogP contribution in [0.1, 0.15) is 47.5 Å². The van der Waals surface area contributed by atoms with Crippen LogP contribution in [0.15, 0.2) is 47.8 Å². The van der Waals surface area contributed by atoms with Crippen molar-refractivity contribution in [3.8, 4) is 0 Å². The van der Waals surface area contributed by atoms with Gasteiger partial charge in [-0.1, -0.05) is 44.0 Å². The fraction of sp³-hybridized carbons (Fsp3) is 0.333. The number of hydrogen-bond acceptors (Lipinski definition) is 4. The van der Waals surface area contributed by atoms with Crippen LogP contribution in [0.2, 0.25) is 0 Å². The predicted molar refractivity (Wildman–Crippen MR) is 91.5 cm³/mol. The number of benzene rings is 1. The van der Waals surface area contributed by atoms with Gasteiger partial charge in [0.05, 0.1) is 10.4 Å². The van der Waals surface area contributed by atoms with E-state index in [2.05, 4.69) is 12.2 Å². The highest BCUT2D eigenvalue weighted by molar-refractivity contribution is 7.10. The van der Waals surface area contributed by atoms with Crippen LogP contribution >= 0.6 is 11.3 Å². The molecular weight excluding hydrogens is 310 g/mol. The summed E-state index contributed by atoms with van der Waals surface area (Å²) in [5, 5.41) is 4.72. The molecule has 122 valence electrons. The largest absolute Gasteiger partial charge is 0.443 e. The SMILES string of the molecule is CCCCCNC(=O)C(OC(=O)c1ccccc1)c1cccs1. The average molecular weight is 331 g/mol. The molecule has 5 heteroatoms. The maximum Gasteiger partial charge on any atom is 0.339 e. The maximum absolute atomic E-state index is 12.4. The quantitative estimate of drug-likeness (QED) is 0.588. The lowest BCUT2D eigenvalue weighted by atomic mass is 10.2. The number of thiophene rings is 1. The number of nitrogens with one attached hydrogen (secondary N) is 1. The molecule has 0 saturated heterocycles. The minimum atomic E-state index is -0.899. The molecule has 0 bridgehead atoms. The molecule has 2 rings (SSSR count). The van der Waals surface area contributed by atoms with Crippen LogP contribution in [-0.4, -0.2) is 18.4 Å². The van der Waals surface area contributed by atoms with Crippen molar-refractivity contribution in [2.75, 3.05) is 6.54 Å². The first-order chi connectivity index (χ1) is 11.2. The van der Waals surface area contributed by atoms with Crippen molar-refractivity contribution in [3.63, 3.8) is 0 Å². The molecule has 1 aromatic heterocycles. The Labute approximate surface area is 140 Å². The zero-order valence-electron chi connectivity index (χ0n) is 13.2. The molecule has 1 N–H and O–H groups in total. The zero-order chi connectivity index (χ0) is 16.5. The predicted octanol–water partition coefficient (Wildman–Crippen LogP) is 3.95. The number of amides is 1. The third-order valence-electron chi connectivity index (χ3n) is 3.35. The van der Waals surface area contributed by atoms with E-state index in [0.717, 1.165) is 24.1 Å². The molecular formula is C18H21NO3S. The molecule has 1 unspecified atom stereocenters. The number of carbonyl (C=O) groups excluding carboxylic acids is 2. The number of unbranched alkanes of at least 4 members (excludes halogenated alkanes) is 2. The van der Waals surface area contributed by atoms with Gasteiger partial charge in [0.15, 0.2) is 0 Å². The topological polar surface area (TPSA) is 55.4 Å². The van der Waals surface area contributed by atoms with Crippen molar-refractivity contribution in [2.24, 2.45) is 0 Å². The molecule has 2 aromatic rings. The molecule has 0 fully saturated rings. The fourth-order valence-corrected chi connectivity index (χ4v) is 2.86. The van der Waals surface area contributed by atoms with E-state index in [1.807, 2.05) is 17.5 Å². The summed E-state index contributed by atoms with van der Waals surface area (Å²) >= 11 is 1.40. The molecule has 1 atom stereocenters. The van der Waals surface area contributed by atoms with E-state index >= 15 is 0 Å². The summed E-state index contributed by atoms with van der Waals surface area (Å²) in [4.78, 5) is 25.3. The highest BCUT2D eigenvalue weighted by atomic mass is 32.1. The molecule has 23 heavy (non-hydrogen) atoms. The van der Waals surface area contributed by atoms with Gasteiger partial charge in [0, 0.05) is 6.54 Å². The van der Waals surface area contributed by atoms with Gasteiger partial charge in [-0.05, 0) is 30.0 Å². The van der Waals surface area contributed by atoms with Crippen molar-refractivity contribution in [3.05, 3.63) is 58.3 Å². The Balaban J connectivity index is 2.03. The van der Waals surface area contributed by atoms with Gasteiger partial charge >= 0.3 is 5.97 Å². The zero-order valence-corrected chi connectivity index (χ0v) is 14.0. The number of hydrogen-bond donors (Lipinski definition) is 1. The fourth-order valence-electron chi connectivity index (χ4n) is 2.11. The Morgan fingerprint density at radius 3 is 2.57 bits per heavy atom. The van der Waals surface area contributed by atoms with Crippen LogP contribution in [0, 0.1) is 0 Å². The molecule has 0 spiro atoms. The van der Waals surface area contributed by atoms with Gasteiger partial charge in [-0.25, -0.2) is 4.79 Å². The van der Waals surface area contributed by atoms with E-state index in [-0.39, 0.29) is 5.91 Å². The Bertz CT molecular complexity index is 610. The molecule has 4 nitrogen and oxygen atoms in total. The van der Waals surface area contributed by atoms with Gasteiger partial charge in [-0.2, -0.15) is 0 Å². The van der Waals surface area contributed by atoms with Crippen molar-refractivity contribution < 1.29 is 14.3 Å². The second kappa shape index (κ2) is 9.10. The first kappa shape index (κ1) is 17.2. The summed E-state index contributed by atoms with van der Waals surface area (Å²) in [6.45, 7) is 2.70. The van der Waals surface area contributed by atoms with Gasteiger partial charge in [-0.3, -0.25) is 4.79 Å². The molecule has 0 saturated carbocycles. The highest BCUT2D eigenvalue weighted by Crippen LogP contribution is 2.24. The van der Waals surface area contributed by atoms with E-state index in [1.54, 1.807) is 30.3 Å². The monoisotopic (exact) mass is 331 g/mol. The smallest absolute Gasteiger partial charge is 0.339 e. The van der Waals surface area contributed by atoms with E-state index in [4.69, 9.17) is 4.74 Å². The minimum Gasteiger partial charge on any atom is -0.443 e. The molecule has 1 heterocycles. The second-order valence-corrected chi connectivity index (χ2v) is 6.14. The Kier molecular flexibility index (Phi) is 6.81. The molecule has 0 radical (unpaired) electrons. The molecule has 0 aliphatic carbocycles. The first-order valence-corrected chi connectivity index (χ1v) is 8.67. The van der Waals surface area contributed by atoms with Crippen LogP contribution in [0.4, 0.5) is 0 Å². The van der Waals surface area contributed by atoms with Gasteiger partial charge in [0.2, 0.25) is 6.10 Å². The number of carbonyl (C=O) groups is 2.